The van der Waals surface area contributed by atoms with E-state index in [0.717, 1.165) is 40.4 Å². The third-order valence-electron chi connectivity index (χ3n) is 6.48. The van der Waals surface area contributed by atoms with E-state index in [1.807, 2.05) is 77.5 Å². The number of fused-ring (bicyclic) bond motifs is 1. The maximum absolute atomic E-state index is 12.7. The van der Waals surface area contributed by atoms with Crippen LogP contribution in [-0.2, 0) is 11.2 Å². The summed E-state index contributed by atoms with van der Waals surface area (Å²) in [4.78, 5) is 17.4. The van der Waals surface area contributed by atoms with Gasteiger partial charge in [0.05, 0.1) is 39.8 Å². The van der Waals surface area contributed by atoms with Crippen molar-refractivity contribution >= 4 is 17.8 Å². The van der Waals surface area contributed by atoms with Gasteiger partial charge in [-0.15, -0.1) is 5.10 Å². The number of carbonyl (C=O) groups excluding carboxylic acids is 1. The van der Waals surface area contributed by atoms with Crippen molar-refractivity contribution in [2.45, 2.75) is 24.9 Å². The van der Waals surface area contributed by atoms with E-state index in [4.69, 9.17) is 14.2 Å². The molecule has 37 heavy (non-hydrogen) atoms. The first-order valence-electron chi connectivity index (χ1n) is 12.0. The summed E-state index contributed by atoms with van der Waals surface area (Å²) in [6.45, 7) is 0. The molecule has 9 nitrogen and oxygen atoms in total. The second kappa shape index (κ2) is 10.6. The summed E-state index contributed by atoms with van der Waals surface area (Å²) >= 11 is 0. The maximum Gasteiger partial charge on any atom is 0.250 e. The van der Waals surface area contributed by atoms with E-state index in [0.29, 0.717) is 5.95 Å². The van der Waals surface area contributed by atoms with E-state index in [2.05, 4.69) is 20.7 Å². The highest BCUT2D eigenvalue weighted by Gasteiger charge is 2.31. The number of methoxy groups -OCH3 is 3. The molecule has 2 heterocycles. The van der Waals surface area contributed by atoms with Gasteiger partial charge in [0.25, 0.3) is 5.95 Å². The van der Waals surface area contributed by atoms with Crippen LogP contribution in [0, 0.1) is 0 Å². The summed E-state index contributed by atoms with van der Waals surface area (Å²) in [6.07, 6.45) is 0.950. The van der Waals surface area contributed by atoms with Crippen molar-refractivity contribution < 1.29 is 19.0 Å². The highest BCUT2D eigenvalue weighted by atomic mass is 16.5. The lowest BCUT2D eigenvalue weighted by Gasteiger charge is -2.31. The molecule has 1 aliphatic rings. The van der Waals surface area contributed by atoms with Crippen LogP contribution in [0.2, 0.25) is 0 Å². The monoisotopic (exact) mass is 499 g/mol. The van der Waals surface area contributed by atoms with Crippen LogP contribution in [0.5, 0.6) is 17.2 Å². The molecule has 0 bridgehead atoms. The summed E-state index contributed by atoms with van der Waals surface area (Å²) in [7, 11) is 4.91. The lowest BCUT2D eigenvalue weighted by Crippen LogP contribution is -2.28. The number of rotatable bonds is 8. The van der Waals surface area contributed by atoms with E-state index in [1.165, 1.54) is 0 Å². The van der Waals surface area contributed by atoms with Crippen LogP contribution in [0.3, 0.4) is 0 Å². The molecule has 0 spiro atoms. The van der Waals surface area contributed by atoms with Gasteiger partial charge >= 0.3 is 0 Å². The quantitative estimate of drug-likeness (QED) is 0.365. The molecule has 2 N–H and O–H groups in total. The van der Waals surface area contributed by atoms with Crippen molar-refractivity contribution in [1.82, 2.24) is 14.8 Å². The van der Waals surface area contributed by atoms with E-state index < -0.39 is 0 Å². The molecule has 0 unspecified atom stereocenters. The van der Waals surface area contributed by atoms with Crippen LogP contribution in [-0.4, -0.2) is 42.0 Å². The number of nitrogens with zero attached hydrogens (tertiary/aromatic N) is 3. The van der Waals surface area contributed by atoms with Crippen molar-refractivity contribution in [3.8, 4) is 17.2 Å². The number of amides is 1. The predicted molar refractivity (Wildman–Crippen MR) is 140 cm³/mol. The highest BCUT2D eigenvalue weighted by Crippen LogP contribution is 2.39. The summed E-state index contributed by atoms with van der Waals surface area (Å²) in [5.41, 5.74) is 3.05. The molecular weight excluding hydrogens is 470 g/mol. The fourth-order valence-electron chi connectivity index (χ4n) is 4.49. The molecule has 0 radical (unpaired) electrons. The second-order valence-electron chi connectivity index (χ2n) is 8.77. The van der Waals surface area contributed by atoms with Gasteiger partial charge in [-0.05, 0) is 59.5 Å². The van der Waals surface area contributed by atoms with Crippen LogP contribution in [0.1, 0.15) is 35.2 Å². The molecule has 0 aliphatic carbocycles. The van der Waals surface area contributed by atoms with Gasteiger partial charge in [-0.25, -0.2) is 4.68 Å². The first-order valence-corrected chi connectivity index (χ1v) is 12.0. The Bertz CT molecular complexity index is 1350. The van der Waals surface area contributed by atoms with Gasteiger partial charge in [0.2, 0.25) is 11.9 Å². The number of benzene rings is 3. The first-order chi connectivity index (χ1) is 18.1. The highest BCUT2D eigenvalue weighted by molar-refractivity contribution is 5.90. The molecule has 3 aromatic carbocycles. The minimum Gasteiger partial charge on any atom is -0.497 e. The third kappa shape index (κ3) is 5.35. The standard InChI is InChI=1S/C28H29N5O4/c1-35-21-10-4-18(5-11-21)16-26(34)30-27-31-28-29-24(19-6-12-22(36-2)13-7-19)17-25(33(28)32-27)20-8-14-23(37-3)15-9-20/h4-15,24-25H,16-17H2,1-3H3,(H2,29,30,31,32,34)/t24-,25-/m1/s1. The molecule has 9 heteroatoms. The largest absolute Gasteiger partial charge is 0.497 e. The second-order valence-corrected chi connectivity index (χ2v) is 8.77. The van der Waals surface area contributed by atoms with Gasteiger partial charge in [0.15, 0.2) is 0 Å². The average Bonchev–Trinajstić information content (AvgIpc) is 3.35. The summed E-state index contributed by atoms with van der Waals surface area (Å²) in [6, 6.07) is 23.2. The van der Waals surface area contributed by atoms with Crippen molar-refractivity contribution in [3.63, 3.8) is 0 Å². The van der Waals surface area contributed by atoms with E-state index in [1.54, 1.807) is 21.3 Å². The van der Waals surface area contributed by atoms with Crippen LogP contribution in [0.4, 0.5) is 11.9 Å². The van der Waals surface area contributed by atoms with E-state index in [9.17, 15) is 4.79 Å². The molecule has 0 saturated heterocycles. The van der Waals surface area contributed by atoms with Gasteiger partial charge in [-0.1, -0.05) is 36.4 Å². The molecule has 5 rings (SSSR count). The SMILES string of the molecule is COc1ccc(CC(=O)Nc2nc3n(n2)[C@@H](c2ccc(OC)cc2)C[C@H](c2ccc(OC)cc2)N3)cc1. The molecule has 4 aromatic rings. The minimum absolute atomic E-state index is 0.00226. The van der Waals surface area contributed by atoms with Gasteiger partial charge in [-0.3, -0.25) is 10.1 Å². The molecule has 1 amide bonds. The molecule has 1 aromatic heterocycles. The Labute approximate surface area is 215 Å². The van der Waals surface area contributed by atoms with E-state index in [-0.39, 0.29) is 30.4 Å². The Morgan fingerprint density at radius 2 is 1.41 bits per heavy atom. The average molecular weight is 500 g/mol. The number of ether oxygens (including phenoxy) is 3. The predicted octanol–water partition coefficient (Wildman–Crippen LogP) is 4.63. The summed E-state index contributed by atoms with van der Waals surface area (Å²) < 4.78 is 17.7. The number of anilines is 2. The smallest absolute Gasteiger partial charge is 0.250 e. The molecule has 1 aliphatic heterocycles. The molecule has 0 fully saturated rings. The minimum atomic E-state index is -0.194. The van der Waals surface area contributed by atoms with Crippen LogP contribution < -0.4 is 24.8 Å². The molecular formula is C28H29N5O4. The lowest BCUT2D eigenvalue weighted by atomic mass is 9.93. The third-order valence-corrected chi connectivity index (χ3v) is 6.48. The fourth-order valence-corrected chi connectivity index (χ4v) is 4.49. The Hall–Kier alpha value is -4.53. The fraction of sp³-hybridized carbons (Fsp3) is 0.250. The van der Waals surface area contributed by atoms with Crippen LogP contribution in [0.25, 0.3) is 0 Å². The van der Waals surface area contributed by atoms with Gasteiger partial charge in [0, 0.05) is 0 Å². The number of carbonyl (C=O) groups is 1. The molecule has 190 valence electrons. The zero-order valence-electron chi connectivity index (χ0n) is 21.0. The number of nitrogens with one attached hydrogen (secondary N) is 2. The van der Waals surface area contributed by atoms with Gasteiger partial charge in [0.1, 0.15) is 17.2 Å². The van der Waals surface area contributed by atoms with Crippen molar-refractivity contribution in [2.24, 2.45) is 0 Å². The number of hydrogen-bond acceptors (Lipinski definition) is 7. The van der Waals surface area contributed by atoms with Crippen LogP contribution >= 0.6 is 0 Å². The molecule has 0 saturated carbocycles. The first kappa shape index (κ1) is 24.2. The summed E-state index contributed by atoms with van der Waals surface area (Å²) in [5, 5.41) is 11.0. The van der Waals surface area contributed by atoms with Crippen molar-refractivity contribution in [1.29, 1.82) is 0 Å². The Morgan fingerprint density at radius 3 is 1.97 bits per heavy atom. The van der Waals surface area contributed by atoms with Gasteiger partial charge < -0.3 is 19.5 Å². The van der Waals surface area contributed by atoms with E-state index >= 15 is 0 Å². The molecule has 2 atom stereocenters. The van der Waals surface area contributed by atoms with Crippen molar-refractivity contribution in [2.75, 3.05) is 32.0 Å². The lowest BCUT2D eigenvalue weighted by molar-refractivity contribution is -0.115. The maximum atomic E-state index is 12.7. The van der Waals surface area contributed by atoms with Gasteiger partial charge in [-0.2, -0.15) is 4.98 Å². The Balaban J connectivity index is 1.40. The Kier molecular flexibility index (Phi) is 6.93. The Morgan fingerprint density at radius 1 is 0.865 bits per heavy atom. The normalized spacial score (nSPS) is 16.3. The van der Waals surface area contributed by atoms with Crippen LogP contribution in [0.15, 0.2) is 72.8 Å². The zero-order valence-corrected chi connectivity index (χ0v) is 21.0. The summed E-state index contributed by atoms with van der Waals surface area (Å²) in [5.74, 6) is 2.99. The van der Waals surface area contributed by atoms with Crippen molar-refractivity contribution in [3.05, 3.63) is 89.5 Å². The number of aromatic nitrogens is 3. The topological polar surface area (TPSA) is 99.5 Å². The number of hydrogen-bond donors (Lipinski definition) is 2. The zero-order chi connectivity index (χ0) is 25.8.